The predicted molar refractivity (Wildman–Crippen MR) is 92.8 cm³/mol. The molecule has 0 fully saturated rings. The molecule has 4 aromatic rings. The van der Waals surface area contributed by atoms with Gasteiger partial charge in [-0.05, 0) is 35.9 Å². The lowest BCUT2D eigenvalue weighted by atomic mass is 10.1. The number of pyridine rings is 1. The molecule has 1 amide bonds. The lowest BCUT2D eigenvalue weighted by Crippen LogP contribution is -2.13. The van der Waals surface area contributed by atoms with Crippen molar-refractivity contribution >= 4 is 34.0 Å². The smallest absolute Gasteiger partial charge is 0.256 e. The van der Waals surface area contributed by atoms with E-state index < -0.39 is 0 Å². The first kappa shape index (κ1) is 14.4. The molecule has 3 aromatic heterocycles. The first-order valence-corrected chi connectivity index (χ1v) is 8.05. The van der Waals surface area contributed by atoms with E-state index in [4.69, 9.17) is 0 Å². The summed E-state index contributed by atoms with van der Waals surface area (Å²) in [5.74, 6) is 0.162. The van der Waals surface area contributed by atoms with Gasteiger partial charge in [0.1, 0.15) is 0 Å². The van der Waals surface area contributed by atoms with Crippen LogP contribution in [0.2, 0.25) is 0 Å². The van der Waals surface area contributed by atoms with Crippen LogP contribution in [0.1, 0.15) is 10.4 Å². The van der Waals surface area contributed by atoms with Crippen molar-refractivity contribution in [3.8, 4) is 10.4 Å². The summed E-state index contributed by atoms with van der Waals surface area (Å²) in [7, 11) is 0. The highest BCUT2D eigenvalue weighted by molar-refractivity contribution is 7.13. The van der Waals surface area contributed by atoms with Gasteiger partial charge in [-0.25, -0.2) is 0 Å². The van der Waals surface area contributed by atoms with Crippen molar-refractivity contribution in [3.63, 3.8) is 0 Å². The molecule has 0 atom stereocenters. The Morgan fingerprint density at radius 1 is 1.00 bits per heavy atom. The van der Waals surface area contributed by atoms with Crippen molar-refractivity contribution in [2.75, 3.05) is 5.32 Å². The number of nitrogens with one attached hydrogen (secondary N) is 1. The third-order valence-corrected chi connectivity index (χ3v) is 4.31. The maximum atomic E-state index is 12.2. The second-order valence-electron chi connectivity index (χ2n) is 5.06. The molecule has 0 aliphatic heterocycles. The Balaban J connectivity index is 1.66. The average Bonchev–Trinajstić information content (AvgIpc) is 3.16. The fraction of sp³-hybridized carbons (Fsp3) is 0. The van der Waals surface area contributed by atoms with Gasteiger partial charge in [0.25, 0.3) is 5.91 Å². The van der Waals surface area contributed by atoms with Crippen LogP contribution in [-0.4, -0.2) is 26.1 Å². The Bertz CT molecular complexity index is 1000. The zero-order valence-electron chi connectivity index (χ0n) is 12.4. The fourth-order valence-corrected chi connectivity index (χ4v) is 2.93. The molecule has 1 N–H and O–H groups in total. The standard InChI is InChI=1S/C17H11N5OS/c23-17(11-3-5-18-6-4-11)20-16-8-13-7-12(15-9-19-10-24-15)1-2-14(13)21-22-16/h1-10H,(H,20,22,23). The molecule has 0 saturated heterocycles. The number of aromatic nitrogens is 4. The third-order valence-electron chi connectivity index (χ3n) is 3.49. The van der Waals surface area contributed by atoms with Crippen LogP contribution in [-0.2, 0) is 0 Å². The van der Waals surface area contributed by atoms with Gasteiger partial charge in [-0.1, -0.05) is 6.07 Å². The molecule has 0 bridgehead atoms. The molecular formula is C17H11N5OS. The molecule has 3 heterocycles. The Morgan fingerprint density at radius 2 is 1.88 bits per heavy atom. The molecule has 116 valence electrons. The molecule has 7 heteroatoms. The Morgan fingerprint density at radius 3 is 2.67 bits per heavy atom. The van der Waals surface area contributed by atoms with Crippen LogP contribution in [0, 0.1) is 0 Å². The zero-order valence-corrected chi connectivity index (χ0v) is 13.2. The molecule has 0 aliphatic carbocycles. The highest BCUT2D eigenvalue weighted by Gasteiger charge is 2.08. The topological polar surface area (TPSA) is 80.7 Å². The fourth-order valence-electron chi connectivity index (χ4n) is 2.31. The number of carbonyl (C=O) groups excluding carboxylic acids is 1. The van der Waals surface area contributed by atoms with E-state index in [1.807, 2.05) is 30.5 Å². The molecule has 0 spiro atoms. The Labute approximate surface area is 141 Å². The number of amides is 1. The summed E-state index contributed by atoms with van der Waals surface area (Å²) in [6.07, 6.45) is 4.97. The van der Waals surface area contributed by atoms with Gasteiger partial charge in [0.15, 0.2) is 5.82 Å². The van der Waals surface area contributed by atoms with Gasteiger partial charge in [-0.3, -0.25) is 14.8 Å². The van der Waals surface area contributed by atoms with Gasteiger partial charge < -0.3 is 5.32 Å². The molecule has 4 rings (SSSR count). The summed E-state index contributed by atoms with van der Waals surface area (Å²) in [5.41, 5.74) is 4.14. The van der Waals surface area contributed by atoms with Crippen LogP contribution in [0.15, 0.2) is 60.5 Å². The number of carbonyl (C=O) groups is 1. The number of rotatable bonds is 3. The summed E-state index contributed by atoms with van der Waals surface area (Å²) in [6.45, 7) is 0. The van der Waals surface area contributed by atoms with Crippen LogP contribution in [0.3, 0.4) is 0 Å². The monoisotopic (exact) mass is 333 g/mol. The van der Waals surface area contributed by atoms with Crippen molar-refractivity contribution in [1.82, 2.24) is 20.2 Å². The van der Waals surface area contributed by atoms with E-state index in [1.54, 1.807) is 41.4 Å². The minimum absolute atomic E-state index is 0.246. The van der Waals surface area contributed by atoms with Crippen molar-refractivity contribution in [1.29, 1.82) is 0 Å². The minimum atomic E-state index is -0.246. The van der Waals surface area contributed by atoms with Gasteiger partial charge in [0.2, 0.25) is 0 Å². The van der Waals surface area contributed by atoms with Gasteiger partial charge in [-0.2, -0.15) is 0 Å². The zero-order chi connectivity index (χ0) is 16.4. The van der Waals surface area contributed by atoms with Crippen LogP contribution in [0.5, 0.6) is 0 Å². The van der Waals surface area contributed by atoms with E-state index in [-0.39, 0.29) is 5.91 Å². The third kappa shape index (κ3) is 2.84. The van der Waals surface area contributed by atoms with Gasteiger partial charge >= 0.3 is 0 Å². The molecular weight excluding hydrogens is 322 g/mol. The summed E-state index contributed by atoms with van der Waals surface area (Å²) in [6, 6.07) is 11.0. The molecule has 6 nitrogen and oxygen atoms in total. The molecule has 0 saturated carbocycles. The van der Waals surface area contributed by atoms with Crippen LogP contribution >= 0.6 is 11.3 Å². The Kier molecular flexibility index (Phi) is 3.68. The highest BCUT2D eigenvalue weighted by atomic mass is 32.1. The normalized spacial score (nSPS) is 10.7. The van der Waals surface area contributed by atoms with E-state index in [0.29, 0.717) is 11.4 Å². The van der Waals surface area contributed by atoms with Crippen LogP contribution < -0.4 is 5.32 Å². The molecule has 0 aliphatic rings. The first-order valence-electron chi connectivity index (χ1n) is 7.17. The van der Waals surface area contributed by atoms with E-state index >= 15 is 0 Å². The van der Waals surface area contributed by atoms with Crippen molar-refractivity contribution < 1.29 is 4.79 Å². The van der Waals surface area contributed by atoms with E-state index in [2.05, 4.69) is 25.5 Å². The maximum Gasteiger partial charge on any atom is 0.256 e. The number of anilines is 1. The molecule has 0 radical (unpaired) electrons. The molecule has 1 aromatic carbocycles. The lowest BCUT2D eigenvalue weighted by molar-refractivity contribution is 0.102. The van der Waals surface area contributed by atoms with Crippen LogP contribution in [0.4, 0.5) is 5.82 Å². The number of hydrogen-bond donors (Lipinski definition) is 1. The van der Waals surface area contributed by atoms with Gasteiger partial charge in [-0.15, -0.1) is 21.5 Å². The number of hydrogen-bond acceptors (Lipinski definition) is 6. The largest absolute Gasteiger partial charge is 0.305 e. The summed E-state index contributed by atoms with van der Waals surface area (Å²) >= 11 is 1.57. The number of benzene rings is 1. The van der Waals surface area contributed by atoms with E-state index in [9.17, 15) is 4.79 Å². The quantitative estimate of drug-likeness (QED) is 0.621. The van der Waals surface area contributed by atoms with Crippen molar-refractivity contribution in [3.05, 3.63) is 66.1 Å². The number of fused-ring (bicyclic) bond motifs is 1. The van der Waals surface area contributed by atoms with Gasteiger partial charge in [0, 0.05) is 29.5 Å². The number of nitrogens with zero attached hydrogens (tertiary/aromatic N) is 4. The second-order valence-corrected chi connectivity index (χ2v) is 5.95. The lowest BCUT2D eigenvalue weighted by Gasteiger charge is -2.05. The van der Waals surface area contributed by atoms with Gasteiger partial charge in [0.05, 0.1) is 15.9 Å². The van der Waals surface area contributed by atoms with Crippen LogP contribution in [0.25, 0.3) is 21.3 Å². The van der Waals surface area contributed by atoms with E-state index in [0.717, 1.165) is 21.3 Å². The minimum Gasteiger partial charge on any atom is -0.305 e. The SMILES string of the molecule is O=C(Nc1cc2cc(-c3cncs3)ccc2nn1)c1ccncc1. The van der Waals surface area contributed by atoms with Crippen molar-refractivity contribution in [2.45, 2.75) is 0 Å². The molecule has 24 heavy (non-hydrogen) atoms. The van der Waals surface area contributed by atoms with E-state index in [1.165, 1.54) is 0 Å². The summed E-state index contributed by atoms with van der Waals surface area (Å²) in [5, 5.41) is 11.9. The van der Waals surface area contributed by atoms with Crippen molar-refractivity contribution in [2.24, 2.45) is 0 Å². The highest BCUT2D eigenvalue weighted by Crippen LogP contribution is 2.26. The maximum absolute atomic E-state index is 12.2. The predicted octanol–water partition coefficient (Wildman–Crippen LogP) is 3.40. The Hall–Kier alpha value is -3.19. The number of thiazole rings is 1. The first-order chi connectivity index (χ1) is 11.8. The molecule has 0 unspecified atom stereocenters. The summed E-state index contributed by atoms with van der Waals surface area (Å²) in [4.78, 5) is 21.3. The average molecular weight is 333 g/mol. The summed E-state index contributed by atoms with van der Waals surface area (Å²) < 4.78 is 0. The second kappa shape index (κ2) is 6.13.